The van der Waals surface area contributed by atoms with Gasteiger partial charge in [0.25, 0.3) is 5.91 Å². The van der Waals surface area contributed by atoms with Gasteiger partial charge in [0.05, 0.1) is 22.6 Å². The molecule has 1 atom stereocenters. The minimum absolute atomic E-state index is 0.00867. The maximum absolute atomic E-state index is 12.3. The predicted octanol–water partition coefficient (Wildman–Crippen LogP) is 1.98. The molecule has 5 nitrogen and oxygen atoms in total. The number of pyridine rings is 1. The van der Waals surface area contributed by atoms with E-state index >= 15 is 0 Å². The lowest BCUT2D eigenvalue weighted by Crippen LogP contribution is -2.46. The number of nitrogens with zero attached hydrogens (tertiary/aromatic N) is 1. The summed E-state index contributed by atoms with van der Waals surface area (Å²) >= 11 is 0. The third-order valence-corrected chi connectivity index (χ3v) is 6.14. The van der Waals surface area contributed by atoms with Gasteiger partial charge in [-0.25, -0.2) is 8.42 Å². The van der Waals surface area contributed by atoms with Gasteiger partial charge < -0.3 is 5.32 Å². The molecule has 0 bridgehead atoms. The predicted molar refractivity (Wildman–Crippen MR) is 92.6 cm³/mol. The Morgan fingerprint density at radius 2 is 1.96 bits per heavy atom. The first kappa shape index (κ1) is 16.6. The second-order valence-corrected chi connectivity index (χ2v) is 8.74. The summed E-state index contributed by atoms with van der Waals surface area (Å²) < 4.78 is 23.2. The molecule has 2 aromatic rings. The third-order valence-electron chi connectivity index (χ3n) is 4.23. The van der Waals surface area contributed by atoms with Crippen molar-refractivity contribution in [3.8, 4) is 0 Å². The zero-order valence-electron chi connectivity index (χ0n) is 13.5. The van der Waals surface area contributed by atoms with Gasteiger partial charge in [-0.3, -0.25) is 9.78 Å². The molecule has 126 valence electrons. The van der Waals surface area contributed by atoms with Crippen molar-refractivity contribution in [3.63, 3.8) is 0 Å². The van der Waals surface area contributed by atoms with Crippen molar-refractivity contribution in [3.05, 3.63) is 65.5 Å². The first-order valence-electron chi connectivity index (χ1n) is 7.87. The largest absolute Gasteiger partial charge is 0.346 e. The summed E-state index contributed by atoms with van der Waals surface area (Å²) in [4.78, 5) is 16.7. The van der Waals surface area contributed by atoms with E-state index in [1.54, 1.807) is 19.2 Å². The third kappa shape index (κ3) is 4.00. The molecule has 1 aromatic carbocycles. The Morgan fingerprint density at radius 1 is 1.21 bits per heavy atom. The standard InChI is InChI=1S/C18H20N2O3S/c1-18(9-10-24(22,23)13-18)20-17(21)15-7-8-16(19-12-15)11-14-5-3-2-4-6-14/h2-8,12H,9-11,13H2,1H3,(H,20,21)/t18-/m0/s1. The van der Waals surface area contributed by atoms with Gasteiger partial charge in [0.1, 0.15) is 0 Å². The highest BCUT2D eigenvalue weighted by molar-refractivity contribution is 7.91. The van der Waals surface area contributed by atoms with Crippen LogP contribution in [0.3, 0.4) is 0 Å². The van der Waals surface area contributed by atoms with Gasteiger partial charge in [0.2, 0.25) is 0 Å². The maximum Gasteiger partial charge on any atom is 0.253 e. The van der Waals surface area contributed by atoms with Gasteiger partial charge >= 0.3 is 0 Å². The highest BCUT2D eigenvalue weighted by atomic mass is 32.2. The molecule has 1 aliphatic heterocycles. The van der Waals surface area contributed by atoms with E-state index in [0.717, 1.165) is 11.3 Å². The smallest absolute Gasteiger partial charge is 0.253 e. The zero-order valence-corrected chi connectivity index (χ0v) is 14.3. The van der Waals surface area contributed by atoms with E-state index in [0.29, 0.717) is 18.4 Å². The molecular weight excluding hydrogens is 324 g/mol. The maximum atomic E-state index is 12.3. The number of sulfone groups is 1. The Balaban J connectivity index is 1.66. The fourth-order valence-corrected chi connectivity index (χ4v) is 5.02. The minimum Gasteiger partial charge on any atom is -0.346 e. The fourth-order valence-electron chi connectivity index (χ4n) is 2.92. The summed E-state index contributed by atoms with van der Waals surface area (Å²) in [6.07, 6.45) is 2.69. The normalized spacial score (nSPS) is 22.2. The Labute approximate surface area is 142 Å². The lowest BCUT2D eigenvalue weighted by atomic mass is 10.0. The number of hydrogen-bond donors (Lipinski definition) is 1. The van der Waals surface area contributed by atoms with Crippen molar-refractivity contribution in [1.29, 1.82) is 0 Å². The summed E-state index contributed by atoms with van der Waals surface area (Å²) in [5.41, 5.74) is 1.79. The van der Waals surface area contributed by atoms with E-state index in [-0.39, 0.29) is 17.4 Å². The summed E-state index contributed by atoms with van der Waals surface area (Å²) in [7, 11) is -3.05. The molecule has 0 spiro atoms. The fraction of sp³-hybridized carbons (Fsp3) is 0.333. The first-order valence-corrected chi connectivity index (χ1v) is 9.69. The Hall–Kier alpha value is -2.21. The highest BCUT2D eigenvalue weighted by Crippen LogP contribution is 2.23. The number of amides is 1. The van der Waals surface area contributed by atoms with Gasteiger partial charge in [0, 0.05) is 18.3 Å². The van der Waals surface area contributed by atoms with Crippen molar-refractivity contribution in [2.75, 3.05) is 11.5 Å². The molecule has 1 fully saturated rings. The number of carbonyl (C=O) groups excluding carboxylic acids is 1. The van der Waals surface area contributed by atoms with Gasteiger partial charge in [0.15, 0.2) is 9.84 Å². The molecule has 0 unspecified atom stereocenters. The van der Waals surface area contributed by atoms with E-state index in [4.69, 9.17) is 0 Å². The van der Waals surface area contributed by atoms with Crippen LogP contribution in [0.25, 0.3) is 0 Å². The lowest BCUT2D eigenvalue weighted by molar-refractivity contribution is 0.0915. The lowest BCUT2D eigenvalue weighted by Gasteiger charge is -2.23. The quantitative estimate of drug-likeness (QED) is 0.920. The van der Waals surface area contributed by atoms with Gasteiger partial charge in [-0.2, -0.15) is 0 Å². The summed E-state index contributed by atoms with van der Waals surface area (Å²) in [5, 5.41) is 2.84. The first-order chi connectivity index (χ1) is 11.4. The van der Waals surface area contributed by atoms with Crippen LogP contribution in [0.15, 0.2) is 48.7 Å². The molecule has 1 aliphatic rings. The topological polar surface area (TPSA) is 76.1 Å². The number of aromatic nitrogens is 1. The van der Waals surface area contributed by atoms with Crippen molar-refractivity contribution in [2.24, 2.45) is 0 Å². The van der Waals surface area contributed by atoms with E-state index in [1.807, 2.05) is 36.4 Å². The average Bonchev–Trinajstić information content (AvgIpc) is 2.82. The molecule has 3 rings (SSSR count). The van der Waals surface area contributed by atoms with E-state index in [2.05, 4.69) is 10.3 Å². The van der Waals surface area contributed by atoms with Crippen LogP contribution in [0.1, 0.15) is 35.0 Å². The van der Waals surface area contributed by atoms with Gasteiger partial charge in [-0.1, -0.05) is 30.3 Å². The number of carbonyl (C=O) groups is 1. The molecule has 6 heteroatoms. The van der Waals surface area contributed by atoms with Crippen LogP contribution >= 0.6 is 0 Å². The van der Waals surface area contributed by atoms with Crippen LogP contribution in [0, 0.1) is 0 Å². The number of hydrogen-bond acceptors (Lipinski definition) is 4. The molecule has 0 radical (unpaired) electrons. The van der Waals surface area contributed by atoms with Gasteiger partial charge in [-0.15, -0.1) is 0 Å². The summed E-state index contributed by atoms with van der Waals surface area (Å²) in [6, 6.07) is 13.5. The van der Waals surface area contributed by atoms with E-state index < -0.39 is 15.4 Å². The van der Waals surface area contributed by atoms with Crippen LogP contribution in [-0.4, -0.2) is 36.4 Å². The van der Waals surface area contributed by atoms with Crippen molar-refractivity contribution >= 4 is 15.7 Å². The Bertz CT molecular complexity index is 832. The zero-order chi connectivity index (χ0) is 17.2. The number of nitrogens with one attached hydrogen (secondary N) is 1. The second kappa shape index (κ2) is 6.36. The van der Waals surface area contributed by atoms with Crippen molar-refractivity contribution in [2.45, 2.75) is 25.3 Å². The van der Waals surface area contributed by atoms with Crippen LogP contribution in [0.4, 0.5) is 0 Å². The Morgan fingerprint density at radius 3 is 2.54 bits per heavy atom. The molecule has 1 aromatic heterocycles. The SMILES string of the molecule is C[C@]1(NC(=O)c2ccc(Cc3ccccc3)nc2)CCS(=O)(=O)C1. The molecule has 0 aliphatic carbocycles. The minimum atomic E-state index is -3.05. The summed E-state index contributed by atoms with van der Waals surface area (Å²) in [6.45, 7) is 1.77. The molecule has 24 heavy (non-hydrogen) atoms. The van der Waals surface area contributed by atoms with Crippen LogP contribution in [0.2, 0.25) is 0 Å². The van der Waals surface area contributed by atoms with E-state index in [9.17, 15) is 13.2 Å². The van der Waals surface area contributed by atoms with Crippen LogP contribution in [-0.2, 0) is 16.3 Å². The van der Waals surface area contributed by atoms with E-state index in [1.165, 1.54) is 0 Å². The summed E-state index contributed by atoms with van der Waals surface area (Å²) in [5.74, 6) is -0.170. The molecule has 0 saturated carbocycles. The number of rotatable bonds is 4. The molecule has 2 heterocycles. The molecule has 1 saturated heterocycles. The molecule has 1 amide bonds. The van der Waals surface area contributed by atoms with Crippen molar-refractivity contribution < 1.29 is 13.2 Å². The van der Waals surface area contributed by atoms with Crippen molar-refractivity contribution in [1.82, 2.24) is 10.3 Å². The monoisotopic (exact) mass is 344 g/mol. The number of benzene rings is 1. The molecular formula is C18H20N2O3S. The van der Waals surface area contributed by atoms with Gasteiger partial charge in [-0.05, 0) is 31.0 Å². The average molecular weight is 344 g/mol. The Kier molecular flexibility index (Phi) is 4.41. The highest BCUT2D eigenvalue weighted by Gasteiger charge is 2.39. The second-order valence-electron chi connectivity index (χ2n) is 6.56. The molecule has 1 N–H and O–H groups in total. The van der Waals surface area contributed by atoms with Crippen LogP contribution < -0.4 is 5.32 Å². The van der Waals surface area contributed by atoms with Crippen LogP contribution in [0.5, 0.6) is 0 Å².